The molecule has 2 amide bonds. The van der Waals surface area contributed by atoms with Crippen LogP contribution in [-0.4, -0.2) is 37.2 Å². The molecule has 0 bridgehead atoms. The Labute approximate surface area is 195 Å². The van der Waals surface area contributed by atoms with Gasteiger partial charge in [-0.15, -0.1) is 5.10 Å². The van der Waals surface area contributed by atoms with E-state index in [-0.39, 0.29) is 23.9 Å². The van der Waals surface area contributed by atoms with E-state index in [4.69, 9.17) is 16.3 Å². The molecule has 3 aromatic rings. The number of ether oxygens (including phenoxy) is 1. The number of fused-ring (bicyclic) bond motifs is 1. The molecule has 176 valence electrons. The molecule has 11 heteroatoms. The van der Waals surface area contributed by atoms with Crippen molar-refractivity contribution in [1.29, 1.82) is 0 Å². The van der Waals surface area contributed by atoms with Crippen molar-refractivity contribution in [3.8, 4) is 0 Å². The monoisotopic (exact) mass is 476 g/mol. The average Bonchev–Trinajstić information content (AvgIpc) is 3.11. The summed E-state index contributed by atoms with van der Waals surface area (Å²) in [5, 5.41) is 9.69. The minimum atomic E-state index is -0.601. The number of aryl methyl sites for hydroxylation is 2. The van der Waals surface area contributed by atoms with Crippen molar-refractivity contribution in [2.75, 3.05) is 5.32 Å². The van der Waals surface area contributed by atoms with E-state index < -0.39 is 17.5 Å². The highest BCUT2D eigenvalue weighted by atomic mass is 35.5. The molecule has 9 nitrogen and oxygen atoms in total. The van der Waals surface area contributed by atoms with E-state index in [1.807, 2.05) is 13.8 Å². The zero-order valence-corrected chi connectivity index (χ0v) is 19.9. The first-order chi connectivity index (χ1) is 15.4. The zero-order chi connectivity index (χ0) is 24.3. The topological polar surface area (TPSA) is 111 Å². The van der Waals surface area contributed by atoms with Gasteiger partial charge in [0.25, 0.3) is 5.78 Å². The predicted octanol–water partition coefficient (Wildman–Crippen LogP) is 4.13. The van der Waals surface area contributed by atoms with Gasteiger partial charge in [-0.3, -0.25) is 4.79 Å². The quantitative estimate of drug-likeness (QED) is 0.553. The van der Waals surface area contributed by atoms with Crippen molar-refractivity contribution in [2.45, 2.75) is 59.6 Å². The molecule has 0 aliphatic carbocycles. The maximum atomic E-state index is 13.3. The number of carbonyl (C=O) groups is 2. The molecule has 2 aromatic heterocycles. The molecule has 3 rings (SSSR count). The number of anilines is 1. The highest BCUT2D eigenvalue weighted by Crippen LogP contribution is 2.20. The van der Waals surface area contributed by atoms with Crippen molar-refractivity contribution in [2.24, 2.45) is 0 Å². The number of alkyl carbamates (subject to hydrolysis) is 1. The van der Waals surface area contributed by atoms with E-state index in [1.165, 1.54) is 18.2 Å². The number of halogens is 2. The summed E-state index contributed by atoms with van der Waals surface area (Å²) in [6, 6.07) is 4.01. The van der Waals surface area contributed by atoms with Gasteiger partial charge in [-0.1, -0.05) is 11.6 Å². The molecule has 0 saturated carbocycles. The molecule has 0 spiro atoms. The number of amides is 2. The van der Waals surface area contributed by atoms with Gasteiger partial charge in [0, 0.05) is 23.5 Å². The highest BCUT2D eigenvalue weighted by Gasteiger charge is 2.18. The van der Waals surface area contributed by atoms with Gasteiger partial charge in [-0.2, -0.15) is 4.98 Å². The Morgan fingerprint density at radius 2 is 1.94 bits per heavy atom. The van der Waals surface area contributed by atoms with E-state index in [1.54, 1.807) is 25.3 Å². The smallest absolute Gasteiger partial charge is 0.408 e. The highest BCUT2D eigenvalue weighted by molar-refractivity contribution is 6.31. The van der Waals surface area contributed by atoms with E-state index >= 15 is 0 Å². The van der Waals surface area contributed by atoms with Crippen LogP contribution in [0.5, 0.6) is 0 Å². The van der Waals surface area contributed by atoms with Crippen molar-refractivity contribution in [3.05, 3.63) is 51.8 Å². The van der Waals surface area contributed by atoms with Crippen LogP contribution in [0, 0.1) is 19.7 Å². The van der Waals surface area contributed by atoms with Gasteiger partial charge in [-0.25, -0.2) is 18.7 Å². The van der Waals surface area contributed by atoms with Crippen LogP contribution in [0.3, 0.4) is 0 Å². The maximum Gasteiger partial charge on any atom is 0.408 e. The summed E-state index contributed by atoms with van der Waals surface area (Å²) in [6.07, 6.45) is 0.0505. The van der Waals surface area contributed by atoms with Crippen LogP contribution >= 0.6 is 11.6 Å². The number of aromatic nitrogens is 4. The maximum absolute atomic E-state index is 13.3. The summed E-state index contributed by atoms with van der Waals surface area (Å²) in [7, 11) is 0. The first-order valence-corrected chi connectivity index (χ1v) is 10.7. The number of nitrogens with zero attached hydrogens (tertiary/aromatic N) is 4. The third-order valence-electron chi connectivity index (χ3n) is 4.69. The number of rotatable bonds is 6. The van der Waals surface area contributed by atoms with Gasteiger partial charge < -0.3 is 15.4 Å². The molecule has 0 atom stereocenters. The lowest BCUT2D eigenvalue weighted by atomic mass is 10.1. The molecular weight excluding hydrogens is 451 g/mol. The van der Waals surface area contributed by atoms with Crippen LogP contribution in [0.2, 0.25) is 5.02 Å². The van der Waals surface area contributed by atoms with Gasteiger partial charge in [0.1, 0.15) is 11.4 Å². The van der Waals surface area contributed by atoms with E-state index in [9.17, 15) is 14.0 Å². The summed E-state index contributed by atoms with van der Waals surface area (Å²) in [5.74, 6) is 0.00489. The standard InChI is InChI=1S/C22H26ClFN6O3/c1-12-15(7-9-19(31)27-14-6-8-17(24)16(23)10-14)13(2)30-20(26-12)28-18(29-30)11-25-21(32)33-22(3,4)5/h6,8,10H,7,9,11H2,1-5H3,(H,25,32)(H,27,31). The summed E-state index contributed by atoms with van der Waals surface area (Å²) in [5.41, 5.74) is 2.22. The summed E-state index contributed by atoms with van der Waals surface area (Å²) < 4.78 is 20.1. The fourth-order valence-electron chi connectivity index (χ4n) is 3.19. The fourth-order valence-corrected chi connectivity index (χ4v) is 3.37. The Morgan fingerprint density at radius 1 is 1.21 bits per heavy atom. The minimum absolute atomic E-state index is 0.0581. The van der Waals surface area contributed by atoms with Gasteiger partial charge >= 0.3 is 6.09 Å². The first-order valence-electron chi connectivity index (χ1n) is 10.4. The Balaban J connectivity index is 1.67. The fraction of sp³-hybridized carbons (Fsp3) is 0.409. The number of hydrogen-bond donors (Lipinski definition) is 2. The average molecular weight is 477 g/mol. The van der Waals surface area contributed by atoms with Crippen LogP contribution in [-0.2, 0) is 22.5 Å². The number of nitrogens with one attached hydrogen (secondary N) is 2. The number of hydrogen-bond acceptors (Lipinski definition) is 6. The molecular formula is C22H26ClFN6O3. The Bertz CT molecular complexity index is 1210. The molecule has 2 N–H and O–H groups in total. The van der Waals surface area contributed by atoms with E-state index in [2.05, 4.69) is 25.7 Å². The molecule has 0 radical (unpaired) electrons. The van der Waals surface area contributed by atoms with E-state index in [0.29, 0.717) is 23.7 Å². The first kappa shape index (κ1) is 24.4. The largest absolute Gasteiger partial charge is 0.444 e. The van der Waals surface area contributed by atoms with Crippen molar-refractivity contribution in [3.63, 3.8) is 0 Å². The van der Waals surface area contributed by atoms with Crippen LogP contribution in [0.4, 0.5) is 14.9 Å². The van der Waals surface area contributed by atoms with E-state index in [0.717, 1.165) is 17.0 Å². The lowest BCUT2D eigenvalue weighted by Crippen LogP contribution is -2.32. The van der Waals surface area contributed by atoms with Crippen LogP contribution in [0.25, 0.3) is 5.78 Å². The third kappa shape index (κ3) is 6.38. The molecule has 0 unspecified atom stereocenters. The molecule has 2 heterocycles. The van der Waals surface area contributed by atoms with Gasteiger partial charge in [-0.05, 0) is 64.8 Å². The molecule has 1 aromatic carbocycles. The van der Waals surface area contributed by atoms with Crippen molar-refractivity contribution < 1.29 is 18.7 Å². The second-order valence-electron chi connectivity index (χ2n) is 8.53. The molecule has 0 fully saturated rings. The van der Waals surface area contributed by atoms with Gasteiger partial charge in [0.15, 0.2) is 5.82 Å². The molecule has 0 aliphatic heterocycles. The minimum Gasteiger partial charge on any atom is -0.444 e. The summed E-state index contributed by atoms with van der Waals surface area (Å²) in [6.45, 7) is 9.14. The molecule has 0 saturated heterocycles. The second kappa shape index (κ2) is 9.70. The molecule has 0 aliphatic rings. The second-order valence-corrected chi connectivity index (χ2v) is 8.94. The number of benzene rings is 1. The SMILES string of the molecule is Cc1nc2nc(CNC(=O)OC(C)(C)C)nn2c(C)c1CCC(=O)Nc1ccc(F)c(Cl)c1. The van der Waals surface area contributed by atoms with Crippen molar-refractivity contribution >= 4 is 35.1 Å². The third-order valence-corrected chi connectivity index (χ3v) is 4.98. The summed E-state index contributed by atoms with van der Waals surface area (Å²) >= 11 is 5.76. The Hall–Kier alpha value is -3.27. The lowest BCUT2D eigenvalue weighted by molar-refractivity contribution is -0.116. The van der Waals surface area contributed by atoms with Gasteiger partial charge in [0.2, 0.25) is 5.91 Å². The Morgan fingerprint density at radius 3 is 2.61 bits per heavy atom. The van der Waals surface area contributed by atoms with Crippen LogP contribution in [0.15, 0.2) is 18.2 Å². The van der Waals surface area contributed by atoms with Crippen LogP contribution in [0.1, 0.15) is 50.0 Å². The zero-order valence-electron chi connectivity index (χ0n) is 19.1. The van der Waals surface area contributed by atoms with Crippen LogP contribution < -0.4 is 10.6 Å². The lowest BCUT2D eigenvalue weighted by Gasteiger charge is -2.19. The van der Waals surface area contributed by atoms with Crippen molar-refractivity contribution in [1.82, 2.24) is 24.9 Å². The van der Waals surface area contributed by atoms with Gasteiger partial charge in [0.05, 0.1) is 11.6 Å². The summed E-state index contributed by atoms with van der Waals surface area (Å²) in [4.78, 5) is 33.1. The predicted molar refractivity (Wildman–Crippen MR) is 122 cm³/mol. The number of carbonyl (C=O) groups excluding carboxylic acids is 2. The Kier molecular flexibility index (Phi) is 7.16. The molecule has 33 heavy (non-hydrogen) atoms. The normalized spacial score (nSPS) is 11.5.